The Morgan fingerprint density at radius 1 is 0.889 bits per heavy atom. The maximum Gasteiger partial charge on any atom is 0.243 e. The standard InChI is InChI=1S/C29H32Cl2N2O2S/c1-20(2)32-29(35)27(16-22-7-5-4-6-8-22)33(17-24-13-14-25(30)26(31)15-24)28(34)19-36-18-23-11-9-21(3)10-12-23/h4-15,20,27H,16-19H2,1-3H3,(H,32,35). The molecule has 0 saturated heterocycles. The lowest BCUT2D eigenvalue weighted by molar-refractivity contribution is -0.139. The highest BCUT2D eigenvalue weighted by Crippen LogP contribution is 2.25. The first kappa shape index (κ1) is 28.1. The van der Waals surface area contributed by atoms with Crippen molar-refractivity contribution in [1.82, 2.24) is 10.2 Å². The average molecular weight is 544 g/mol. The molecule has 0 heterocycles. The Morgan fingerprint density at radius 2 is 1.56 bits per heavy atom. The van der Waals surface area contributed by atoms with E-state index in [0.29, 0.717) is 22.2 Å². The van der Waals surface area contributed by atoms with Crippen molar-refractivity contribution in [2.75, 3.05) is 5.75 Å². The molecule has 2 amide bonds. The fraction of sp³-hybridized carbons (Fsp3) is 0.310. The molecule has 3 aromatic rings. The van der Waals surface area contributed by atoms with Gasteiger partial charge in [0.1, 0.15) is 6.04 Å². The Balaban J connectivity index is 1.86. The minimum Gasteiger partial charge on any atom is -0.352 e. The van der Waals surface area contributed by atoms with Gasteiger partial charge in [-0.15, -0.1) is 11.8 Å². The summed E-state index contributed by atoms with van der Waals surface area (Å²) < 4.78 is 0. The van der Waals surface area contributed by atoms with Gasteiger partial charge in [-0.05, 0) is 49.6 Å². The molecular formula is C29H32Cl2N2O2S. The molecule has 0 aromatic heterocycles. The predicted octanol–water partition coefficient (Wildman–Crippen LogP) is 6.70. The van der Waals surface area contributed by atoms with Gasteiger partial charge in [-0.1, -0.05) is 89.4 Å². The van der Waals surface area contributed by atoms with Crippen molar-refractivity contribution in [1.29, 1.82) is 0 Å². The van der Waals surface area contributed by atoms with E-state index in [4.69, 9.17) is 23.2 Å². The minimum atomic E-state index is -0.670. The summed E-state index contributed by atoms with van der Waals surface area (Å²) >= 11 is 13.9. The monoisotopic (exact) mass is 542 g/mol. The largest absolute Gasteiger partial charge is 0.352 e. The second-order valence-electron chi connectivity index (χ2n) is 9.12. The molecule has 7 heteroatoms. The predicted molar refractivity (Wildman–Crippen MR) is 152 cm³/mol. The van der Waals surface area contributed by atoms with E-state index in [1.807, 2.05) is 50.2 Å². The number of rotatable bonds is 11. The van der Waals surface area contributed by atoms with Crippen LogP contribution in [0, 0.1) is 6.92 Å². The molecule has 190 valence electrons. The molecule has 0 aliphatic carbocycles. The highest BCUT2D eigenvalue weighted by molar-refractivity contribution is 7.99. The van der Waals surface area contributed by atoms with Crippen LogP contribution in [0.2, 0.25) is 10.0 Å². The molecule has 1 atom stereocenters. The van der Waals surface area contributed by atoms with Crippen molar-refractivity contribution in [3.8, 4) is 0 Å². The summed E-state index contributed by atoms with van der Waals surface area (Å²) in [4.78, 5) is 28.7. The lowest BCUT2D eigenvalue weighted by atomic mass is 10.0. The number of hydrogen-bond acceptors (Lipinski definition) is 3. The second kappa shape index (κ2) is 13.7. The van der Waals surface area contributed by atoms with E-state index in [2.05, 4.69) is 36.5 Å². The van der Waals surface area contributed by atoms with Crippen LogP contribution in [0.1, 0.15) is 36.1 Å². The molecule has 0 aliphatic heterocycles. The fourth-order valence-electron chi connectivity index (χ4n) is 3.79. The molecule has 3 aromatic carbocycles. The highest BCUT2D eigenvalue weighted by Gasteiger charge is 2.30. The van der Waals surface area contributed by atoms with E-state index in [9.17, 15) is 9.59 Å². The normalized spacial score (nSPS) is 11.8. The van der Waals surface area contributed by atoms with E-state index in [-0.39, 0.29) is 30.2 Å². The summed E-state index contributed by atoms with van der Waals surface area (Å²) in [6, 6.07) is 22.7. The molecule has 0 fully saturated rings. The first-order valence-corrected chi connectivity index (χ1v) is 13.8. The van der Waals surface area contributed by atoms with Crippen LogP contribution in [-0.4, -0.2) is 34.6 Å². The van der Waals surface area contributed by atoms with Crippen molar-refractivity contribution < 1.29 is 9.59 Å². The first-order chi connectivity index (χ1) is 17.2. The molecule has 0 aliphatic rings. The van der Waals surface area contributed by atoms with Gasteiger partial charge in [0.2, 0.25) is 11.8 Å². The minimum absolute atomic E-state index is 0.0476. The number of carbonyl (C=O) groups is 2. The Bertz CT molecular complexity index is 1150. The van der Waals surface area contributed by atoms with Gasteiger partial charge in [-0.25, -0.2) is 0 Å². The number of thioether (sulfide) groups is 1. The van der Waals surface area contributed by atoms with Gasteiger partial charge < -0.3 is 10.2 Å². The summed E-state index contributed by atoms with van der Waals surface area (Å²) in [6.07, 6.45) is 0.412. The van der Waals surface area contributed by atoms with Gasteiger partial charge in [0.25, 0.3) is 0 Å². The van der Waals surface area contributed by atoms with E-state index >= 15 is 0 Å². The quantitative estimate of drug-likeness (QED) is 0.293. The average Bonchev–Trinajstić information content (AvgIpc) is 2.85. The molecule has 0 spiro atoms. The maximum atomic E-state index is 13.6. The van der Waals surface area contributed by atoms with E-state index in [1.54, 1.807) is 28.8 Å². The van der Waals surface area contributed by atoms with Gasteiger partial charge >= 0.3 is 0 Å². The summed E-state index contributed by atoms with van der Waals surface area (Å²) in [5.74, 6) is 0.702. The molecule has 0 saturated carbocycles. The molecule has 0 bridgehead atoms. The number of amides is 2. The van der Waals surface area contributed by atoms with Crippen molar-refractivity contribution >= 4 is 46.8 Å². The second-order valence-corrected chi connectivity index (χ2v) is 10.9. The van der Waals surface area contributed by atoms with Gasteiger partial charge in [0.15, 0.2) is 0 Å². The Kier molecular flexibility index (Phi) is 10.7. The SMILES string of the molecule is Cc1ccc(CSCC(=O)N(Cc2ccc(Cl)c(Cl)c2)C(Cc2ccccc2)C(=O)NC(C)C)cc1. The summed E-state index contributed by atoms with van der Waals surface area (Å²) in [5, 5.41) is 3.87. The van der Waals surface area contributed by atoms with Gasteiger partial charge in [0.05, 0.1) is 15.8 Å². The highest BCUT2D eigenvalue weighted by atomic mass is 35.5. The zero-order valence-electron chi connectivity index (χ0n) is 20.8. The van der Waals surface area contributed by atoms with Gasteiger partial charge in [-0.2, -0.15) is 0 Å². The lowest BCUT2D eigenvalue weighted by Crippen LogP contribution is -2.52. The molecule has 4 nitrogen and oxygen atoms in total. The number of hydrogen-bond donors (Lipinski definition) is 1. The number of halogens is 2. The van der Waals surface area contributed by atoms with Gasteiger partial charge in [0, 0.05) is 24.8 Å². The number of aryl methyl sites for hydroxylation is 1. The van der Waals surface area contributed by atoms with Crippen LogP contribution in [-0.2, 0) is 28.3 Å². The molecule has 1 N–H and O–H groups in total. The van der Waals surface area contributed by atoms with E-state index in [0.717, 1.165) is 16.7 Å². The van der Waals surface area contributed by atoms with Crippen LogP contribution in [0.25, 0.3) is 0 Å². The van der Waals surface area contributed by atoms with E-state index in [1.165, 1.54) is 5.56 Å². The third kappa shape index (κ3) is 8.58. The van der Waals surface area contributed by atoms with Crippen LogP contribution < -0.4 is 5.32 Å². The molecular weight excluding hydrogens is 511 g/mol. The molecule has 36 heavy (non-hydrogen) atoms. The third-order valence-electron chi connectivity index (χ3n) is 5.65. The number of nitrogens with one attached hydrogen (secondary N) is 1. The lowest BCUT2D eigenvalue weighted by Gasteiger charge is -2.32. The Hall–Kier alpha value is -2.47. The smallest absolute Gasteiger partial charge is 0.243 e. The molecule has 0 radical (unpaired) electrons. The van der Waals surface area contributed by atoms with Crippen molar-refractivity contribution in [2.24, 2.45) is 0 Å². The summed E-state index contributed by atoms with van der Waals surface area (Å²) in [5.41, 5.74) is 4.16. The number of nitrogens with zero attached hydrogens (tertiary/aromatic N) is 1. The van der Waals surface area contributed by atoms with Crippen LogP contribution in [0.15, 0.2) is 72.8 Å². The fourth-order valence-corrected chi connectivity index (χ4v) is 4.98. The third-order valence-corrected chi connectivity index (χ3v) is 7.38. The molecule has 3 rings (SSSR count). The number of benzene rings is 3. The zero-order valence-corrected chi connectivity index (χ0v) is 23.2. The van der Waals surface area contributed by atoms with Crippen molar-refractivity contribution in [2.45, 2.75) is 51.6 Å². The topological polar surface area (TPSA) is 49.4 Å². The maximum absolute atomic E-state index is 13.6. The van der Waals surface area contributed by atoms with Crippen LogP contribution in [0.5, 0.6) is 0 Å². The van der Waals surface area contributed by atoms with Crippen molar-refractivity contribution in [3.63, 3.8) is 0 Å². The van der Waals surface area contributed by atoms with Crippen LogP contribution in [0.4, 0.5) is 0 Å². The van der Waals surface area contributed by atoms with E-state index < -0.39 is 6.04 Å². The van der Waals surface area contributed by atoms with Gasteiger partial charge in [-0.3, -0.25) is 9.59 Å². The first-order valence-electron chi connectivity index (χ1n) is 11.9. The zero-order chi connectivity index (χ0) is 26.1. The van der Waals surface area contributed by atoms with Crippen LogP contribution >= 0.6 is 35.0 Å². The van der Waals surface area contributed by atoms with Crippen LogP contribution in [0.3, 0.4) is 0 Å². The summed E-state index contributed by atoms with van der Waals surface area (Å²) in [7, 11) is 0. The molecule has 1 unspecified atom stereocenters. The number of carbonyl (C=O) groups excluding carboxylic acids is 2. The Morgan fingerprint density at radius 3 is 2.19 bits per heavy atom. The van der Waals surface area contributed by atoms with Crippen molar-refractivity contribution in [3.05, 3.63) is 105 Å². The summed E-state index contributed by atoms with van der Waals surface area (Å²) in [6.45, 7) is 6.14. The Labute approximate surface area is 228 Å².